The average molecular weight is 331 g/mol. The predicted octanol–water partition coefficient (Wildman–Crippen LogP) is 1.99. The number of piperidine rings is 1. The Bertz CT molecular complexity index is 636. The van der Waals surface area contributed by atoms with E-state index in [1.54, 1.807) is 16.4 Å². The minimum Gasteiger partial charge on any atom is -0.495 e. The third kappa shape index (κ3) is 2.54. The van der Waals surface area contributed by atoms with Gasteiger partial charge in [0.1, 0.15) is 5.75 Å². The molecule has 2 heterocycles. The number of hydrogen-bond donors (Lipinski definition) is 1. The molecule has 0 saturated carbocycles. The number of nitrogens with two attached hydrogens (primary N) is 1. The lowest BCUT2D eigenvalue weighted by Crippen LogP contribution is -2.49. The standard InChI is InChI=1S/C14H19ClN2O3S/c1-20-14-5-4-12(8-13(14)15)21(18,19)17-10-2-3-11(17)7-9(16)6-10/h4-5,8-11H,2-3,6-7,16H2,1H3. The fraction of sp³-hybridized carbons (Fsp3) is 0.571. The Labute approximate surface area is 130 Å². The lowest BCUT2D eigenvalue weighted by atomic mass is 10.0. The Morgan fingerprint density at radius 2 is 1.90 bits per heavy atom. The molecule has 21 heavy (non-hydrogen) atoms. The van der Waals surface area contributed by atoms with Crippen LogP contribution in [0.2, 0.25) is 5.02 Å². The third-order valence-corrected chi connectivity index (χ3v) is 6.70. The van der Waals surface area contributed by atoms with Gasteiger partial charge < -0.3 is 10.5 Å². The summed E-state index contributed by atoms with van der Waals surface area (Å²) >= 11 is 6.06. The second-order valence-electron chi connectivity index (χ2n) is 5.75. The highest BCUT2D eigenvalue weighted by Crippen LogP contribution is 2.40. The van der Waals surface area contributed by atoms with Crippen molar-refractivity contribution in [1.82, 2.24) is 4.31 Å². The van der Waals surface area contributed by atoms with Crippen molar-refractivity contribution >= 4 is 21.6 Å². The maximum absolute atomic E-state index is 12.9. The van der Waals surface area contributed by atoms with Crippen LogP contribution in [-0.4, -0.2) is 38.0 Å². The van der Waals surface area contributed by atoms with Crippen LogP contribution in [0.1, 0.15) is 25.7 Å². The summed E-state index contributed by atoms with van der Waals surface area (Å²) in [6, 6.07) is 4.74. The molecule has 3 rings (SSSR count). The van der Waals surface area contributed by atoms with Gasteiger partial charge in [-0.2, -0.15) is 4.31 Å². The van der Waals surface area contributed by atoms with Crippen LogP contribution in [0.15, 0.2) is 23.1 Å². The maximum atomic E-state index is 12.9. The van der Waals surface area contributed by atoms with Crippen molar-refractivity contribution in [2.24, 2.45) is 5.73 Å². The number of sulfonamides is 1. The van der Waals surface area contributed by atoms with E-state index >= 15 is 0 Å². The Hall–Kier alpha value is -0.820. The SMILES string of the molecule is COc1ccc(S(=O)(=O)N2C3CCC2CC(N)C3)cc1Cl. The summed E-state index contributed by atoms with van der Waals surface area (Å²) in [4.78, 5) is 0.223. The summed E-state index contributed by atoms with van der Waals surface area (Å²) in [6.45, 7) is 0. The van der Waals surface area contributed by atoms with Gasteiger partial charge in [0.15, 0.2) is 0 Å². The molecular weight excluding hydrogens is 312 g/mol. The molecule has 1 aromatic carbocycles. The lowest BCUT2D eigenvalue weighted by molar-refractivity contribution is 0.227. The van der Waals surface area contributed by atoms with Crippen molar-refractivity contribution < 1.29 is 13.2 Å². The summed E-state index contributed by atoms with van der Waals surface area (Å²) in [5.74, 6) is 0.472. The molecule has 2 atom stereocenters. The summed E-state index contributed by atoms with van der Waals surface area (Å²) in [6.07, 6.45) is 3.25. The van der Waals surface area contributed by atoms with Crippen LogP contribution in [0.5, 0.6) is 5.75 Å². The largest absolute Gasteiger partial charge is 0.495 e. The second kappa shape index (κ2) is 5.43. The average Bonchev–Trinajstić information content (AvgIpc) is 2.72. The highest BCUT2D eigenvalue weighted by Gasteiger charge is 2.46. The Balaban J connectivity index is 1.96. The van der Waals surface area contributed by atoms with E-state index in [1.165, 1.54) is 13.2 Å². The fourth-order valence-corrected chi connectivity index (χ4v) is 5.74. The van der Waals surface area contributed by atoms with Crippen LogP contribution in [-0.2, 0) is 10.0 Å². The monoisotopic (exact) mass is 330 g/mol. The zero-order chi connectivity index (χ0) is 15.2. The number of benzene rings is 1. The van der Waals surface area contributed by atoms with E-state index in [-0.39, 0.29) is 23.0 Å². The molecule has 0 spiro atoms. The molecule has 2 N–H and O–H groups in total. The minimum absolute atomic E-state index is 0.0182. The van der Waals surface area contributed by atoms with Crippen molar-refractivity contribution in [3.8, 4) is 5.75 Å². The fourth-order valence-electron chi connectivity index (χ4n) is 3.50. The van der Waals surface area contributed by atoms with Gasteiger partial charge in [-0.3, -0.25) is 0 Å². The summed E-state index contributed by atoms with van der Waals surface area (Å²) in [5.41, 5.74) is 6.00. The van der Waals surface area contributed by atoms with E-state index in [2.05, 4.69) is 0 Å². The molecule has 5 nitrogen and oxygen atoms in total. The van der Waals surface area contributed by atoms with Crippen LogP contribution < -0.4 is 10.5 Å². The Morgan fingerprint density at radius 3 is 2.43 bits per heavy atom. The van der Waals surface area contributed by atoms with Gasteiger partial charge in [0.25, 0.3) is 0 Å². The van der Waals surface area contributed by atoms with Gasteiger partial charge in [-0.25, -0.2) is 8.42 Å². The zero-order valence-electron chi connectivity index (χ0n) is 11.8. The molecule has 0 radical (unpaired) electrons. The number of ether oxygens (including phenoxy) is 1. The summed E-state index contributed by atoms with van der Waals surface area (Å²) in [7, 11) is -2.03. The molecular formula is C14H19ClN2O3S. The molecule has 2 aliphatic rings. The number of methoxy groups -OCH3 is 1. The molecule has 2 bridgehead atoms. The summed E-state index contributed by atoms with van der Waals surface area (Å²) in [5, 5.41) is 0.305. The highest BCUT2D eigenvalue weighted by molar-refractivity contribution is 7.89. The highest BCUT2D eigenvalue weighted by atomic mass is 35.5. The topological polar surface area (TPSA) is 72.6 Å². The Morgan fingerprint density at radius 1 is 1.29 bits per heavy atom. The van der Waals surface area contributed by atoms with Gasteiger partial charge >= 0.3 is 0 Å². The van der Waals surface area contributed by atoms with E-state index in [4.69, 9.17) is 22.1 Å². The number of rotatable bonds is 3. The molecule has 116 valence electrons. The van der Waals surface area contributed by atoms with Gasteiger partial charge in [-0.05, 0) is 43.9 Å². The maximum Gasteiger partial charge on any atom is 0.243 e. The molecule has 0 amide bonds. The molecule has 0 aromatic heterocycles. The number of hydrogen-bond acceptors (Lipinski definition) is 4. The lowest BCUT2D eigenvalue weighted by Gasteiger charge is -2.36. The van der Waals surface area contributed by atoms with Gasteiger partial charge in [-0.1, -0.05) is 11.6 Å². The van der Waals surface area contributed by atoms with Crippen LogP contribution in [0, 0.1) is 0 Å². The first-order chi connectivity index (χ1) is 9.93. The molecule has 2 unspecified atom stereocenters. The minimum atomic E-state index is -3.53. The number of nitrogens with zero attached hydrogens (tertiary/aromatic N) is 1. The van der Waals surface area contributed by atoms with E-state index < -0.39 is 10.0 Å². The van der Waals surface area contributed by atoms with Crippen molar-refractivity contribution in [1.29, 1.82) is 0 Å². The molecule has 2 fully saturated rings. The van der Waals surface area contributed by atoms with Crippen molar-refractivity contribution in [3.63, 3.8) is 0 Å². The Kier molecular flexibility index (Phi) is 3.90. The number of halogens is 1. The van der Waals surface area contributed by atoms with Gasteiger partial charge in [0.05, 0.1) is 17.0 Å². The van der Waals surface area contributed by atoms with Crippen LogP contribution in [0.4, 0.5) is 0 Å². The second-order valence-corrected chi connectivity index (χ2v) is 8.00. The van der Waals surface area contributed by atoms with E-state index in [0.717, 1.165) is 25.7 Å². The van der Waals surface area contributed by atoms with E-state index in [9.17, 15) is 8.42 Å². The first-order valence-corrected chi connectivity index (χ1v) is 8.88. The van der Waals surface area contributed by atoms with Gasteiger partial charge in [0.2, 0.25) is 10.0 Å². The van der Waals surface area contributed by atoms with Gasteiger partial charge in [0, 0.05) is 18.1 Å². The third-order valence-electron chi connectivity index (χ3n) is 4.40. The van der Waals surface area contributed by atoms with Crippen molar-refractivity contribution in [2.75, 3.05) is 7.11 Å². The normalized spacial score (nSPS) is 29.6. The van der Waals surface area contributed by atoms with Crippen LogP contribution >= 0.6 is 11.6 Å². The predicted molar refractivity (Wildman–Crippen MR) is 81.0 cm³/mol. The molecule has 1 aromatic rings. The molecule has 2 saturated heterocycles. The van der Waals surface area contributed by atoms with Crippen LogP contribution in [0.25, 0.3) is 0 Å². The molecule has 2 aliphatic heterocycles. The van der Waals surface area contributed by atoms with Crippen LogP contribution in [0.3, 0.4) is 0 Å². The van der Waals surface area contributed by atoms with Crippen molar-refractivity contribution in [2.45, 2.75) is 48.7 Å². The zero-order valence-corrected chi connectivity index (χ0v) is 13.4. The first-order valence-electron chi connectivity index (χ1n) is 7.06. The smallest absolute Gasteiger partial charge is 0.243 e. The van der Waals surface area contributed by atoms with E-state index in [1.807, 2.05) is 0 Å². The first kappa shape index (κ1) is 15.1. The van der Waals surface area contributed by atoms with E-state index in [0.29, 0.717) is 10.8 Å². The van der Waals surface area contributed by atoms with Gasteiger partial charge in [-0.15, -0.1) is 0 Å². The number of fused-ring (bicyclic) bond motifs is 2. The summed E-state index contributed by atoms with van der Waals surface area (Å²) < 4.78 is 32.5. The quantitative estimate of drug-likeness (QED) is 0.920. The molecule has 0 aliphatic carbocycles. The molecule has 7 heteroatoms. The van der Waals surface area contributed by atoms with Crippen molar-refractivity contribution in [3.05, 3.63) is 23.2 Å².